The molecule has 0 amide bonds. The van der Waals surface area contributed by atoms with Crippen LogP contribution < -0.4 is 0 Å². The Morgan fingerprint density at radius 3 is 2.10 bits per heavy atom. The van der Waals surface area contributed by atoms with Crippen LogP contribution in [0.4, 0.5) is 0 Å². The number of hydrogen-bond acceptors (Lipinski definition) is 6. The minimum absolute atomic E-state index is 0.341. The van der Waals surface area contributed by atoms with Crippen LogP contribution in [0.2, 0.25) is 0 Å². The third kappa shape index (κ3) is 7.25. The highest BCUT2D eigenvalue weighted by Crippen LogP contribution is 2.53. The Labute approximate surface area is 260 Å². The van der Waals surface area contributed by atoms with Crippen LogP contribution in [0.25, 0.3) is 27.1 Å². The summed E-state index contributed by atoms with van der Waals surface area (Å²) in [5.74, 6) is 1.93. The normalized spacial score (nSPS) is 19.8. The summed E-state index contributed by atoms with van der Waals surface area (Å²) in [6, 6.07) is 10.6. The molecule has 5 rings (SSSR count). The number of phenols is 1. The molecule has 0 aliphatic carbocycles. The molecule has 0 fully saturated rings. The molecular weight excluding hydrogens is 561 g/mol. The van der Waals surface area contributed by atoms with Gasteiger partial charge in [-0.1, -0.05) is 115 Å². The molecular formula is C35H46N2OS3. The van der Waals surface area contributed by atoms with Crippen LogP contribution in [-0.2, 0) is 6.42 Å². The molecule has 1 aromatic heterocycles. The first-order valence-electron chi connectivity index (χ1n) is 15.9. The zero-order chi connectivity index (χ0) is 28.8. The molecule has 4 atom stereocenters. The Morgan fingerprint density at radius 2 is 1.41 bits per heavy atom. The maximum Gasteiger partial charge on any atom is 0.123 e. The maximum absolute atomic E-state index is 11.1. The number of nitrogens with zero attached hydrogens (tertiary/aromatic N) is 2. The minimum Gasteiger partial charge on any atom is -0.507 e. The van der Waals surface area contributed by atoms with Gasteiger partial charge in [0.15, 0.2) is 0 Å². The van der Waals surface area contributed by atoms with Crippen molar-refractivity contribution in [3.8, 4) is 16.9 Å². The zero-order valence-corrected chi connectivity index (χ0v) is 27.6. The number of hydrogen-bond donors (Lipinski definition) is 1. The number of aromatic hydroxyl groups is 1. The summed E-state index contributed by atoms with van der Waals surface area (Å²) in [6.07, 6.45) is 18.8. The summed E-state index contributed by atoms with van der Waals surface area (Å²) in [5, 5.41) is 12.1. The molecule has 2 aromatic carbocycles. The predicted octanol–water partition coefficient (Wildman–Crippen LogP) is 11.3. The second-order valence-corrected chi connectivity index (χ2v) is 14.9. The van der Waals surface area contributed by atoms with Gasteiger partial charge in [0.05, 0.1) is 11.7 Å². The van der Waals surface area contributed by atoms with Crippen LogP contribution in [0, 0.1) is 11.8 Å². The highest BCUT2D eigenvalue weighted by molar-refractivity contribution is 8.12. The summed E-state index contributed by atoms with van der Waals surface area (Å²) >= 11 is 5.32. The molecule has 0 saturated carbocycles. The van der Waals surface area contributed by atoms with E-state index < -0.39 is 0 Å². The summed E-state index contributed by atoms with van der Waals surface area (Å²) in [5.41, 5.74) is 6.05. The second kappa shape index (κ2) is 14.6. The van der Waals surface area contributed by atoms with Crippen LogP contribution in [0.1, 0.15) is 103 Å². The summed E-state index contributed by atoms with van der Waals surface area (Å²) in [4.78, 5) is 2.91. The molecule has 3 aromatic rings. The van der Waals surface area contributed by atoms with Crippen molar-refractivity contribution in [2.24, 2.45) is 11.8 Å². The van der Waals surface area contributed by atoms with Gasteiger partial charge in [0, 0.05) is 32.1 Å². The van der Waals surface area contributed by atoms with Gasteiger partial charge in [-0.25, -0.2) is 0 Å². The van der Waals surface area contributed by atoms with Gasteiger partial charge in [-0.15, -0.1) is 23.5 Å². The Kier molecular flexibility index (Phi) is 10.9. The highest BCUT2D eigenvalue weighted by atomic mass is 32.2. The van der Waals surface area contributed by atoms with Crippen LogP contribution >= 0.6 is 35.3 Å². The molecule has 220 valence electrons. The SMILES string of the molecule is CCCCC(CC)CCc1ccc(-c2ccc(C3=CC4SC(CC(CC)CCCC)=CC4S3)c3nsnc23)c(O)c1. The smallest absolute Gasteiger partial charge is 0.123 e. The fraction of sp³-hybridized carbons (Fsp3) is 0.543. The molecule has 3 nitrogen and oxygen atoms in total. The lowest BCUT2D eigenvalue weighted by Gasteiger charge is -2.15. The first-order chi connectivity index (χ1) is 20.0. The lowest BCUT2D eigenvalue weighted by Crippen LogP contribution is -2.04. The number of aromatic nitrogens is 2. The van der Waals surface area contributed by atoms with Gasteiger partial charge in [0.1, 0.15) is 16.8 Å². The Balaban J connectivity index is 1.28. The van der Waals surface area contributed by atoms with E-state index in [9.17, 15) is 5.11 Å². The number of rotatable bonds is 15. The van der Waals surface area contributed by atoms with Gasteiger partial charge >= 0.3 is 0 Å². The van der Waals surface area contributed by atoms with Crippen LogP contribution in [0.5, 0.6) is 5.75 Å². The number of allylic oxidation sites excluding steroid dienone is 1. The standard InChI is InChI=1S/C35H46N2OS3/c1-5-9-11-23(7-3)13-14-25-15-16-27(30(38)20-25)28-17-18-29(35-34(28)36-41-37-35)31-22-33-32(40-31)21-26(39-33)19-24(8-4)12-10-6-2/h15-18,20-24,32-33,38H,5-14,19H2,1-4H3. The molecule has 0 spiro atoms. The van der Waals surface area contributed by atoms with Crippen molar-refractivity contribution < 1.29 is 5.11 Å². The Morgan fingerprint density at radius 1 is 0.756 bits per heavy atom. The van der Waals surface area contributed by atoms with Gasteiger partial charge < -0.3 is 5.11 Å². The van der Waals surface area contributed by atoms with Gasteiger partial charge in [-0.3, -0.25) is 0 Å². The number of aryl methyl sites for hydroxylation is 1. The number of fused-ring (bicyclic) bond motifs is 2. The van der Waals surface area contributed by atoms with Crippen molar-refractivity contribution in [2.45, 2.75) is 109 Å². The van der Waals surface area contributed by atoms with E-state index in [0.717, 1.165) is 40.4 Å². The highest BCUT2D eigenvalue weighted by Gasteiger charge is 2.35. The summed E-state index contributed by atoms with van der Waals surface area (Å²) in [6.45, 7) is 9.20. The quantitative estimate of drug-likeness (QED) is 0.186. The zero-order valence-electron chi connectivity index (χ0n) is 25.2. The van der Waals surface area contributed by atoms with E-state index in [0.29, 0.717) is 16.2 Å². The fourth-order valence-electron chi connectivity index (χ4n) is 6.28. The number of phenolic OH excluding ortho intramolecular Hbond substituents is 1. The topological polar surface area (TPSA) is 46.0 Å². The number of benzene rings is 2. The van der Waals surface area contributed by atoms with Crippen molar-refractivity contribution in [3.63, 3.8) is 0 Å². The third-order valence-electron chi connectivity index (χ3n) is 8.99. The molecule has 0 bridgehead atoms. The van der Waals surface area contributed by atoms with Crippen molar-refractivity contribution >= 4 is 51.2 Å². The average Bonchev–Trinajstić information content (AvgIpc) is 3.71. The fourth-order valence-corrected chi connectivity index (χ4v) is 9.94. The second-order valence-electron chi connectivity index (χ2n) is 11.9. The minimum atomic E-state index is 0.341. The van der Waals surface area contributed by atoms with Gasteiger partial charge in [0.25, 0.3) is 0 Å². The monoisotopic (exact) mass is 606 g/mol. The van der Waals surface area contributed by atoms with Gasteiger partial charge in [-0.2, -0.15) is 8.75 Å². The molecule has 0 radical (unpaired) electrons. The summed E-state index contributed by atoms with van der Waals surface area (Å²) < 4.78 is 9.45. The molecule has 3 heterocycles. The largest absolute Gasteiger partial charge is 0.507 e. The van der Waals surface area contributed by atoms with E-state index in [1.165, 1.54) is 92.0 Å². The number of thioether (sulfide) groups is 2. The van der Waals surface area contributed by atoms with Crippen LogP contribution in [0.15, 0.2) is 47.4 Å². The van der Waals surface area contributed by atoms with E-state index in [2.05, 4.69) is 75.9 Å². The van der Waals surface area contributed by atoms with Gasteiger partial charge in [0.2, 0.25) is 0 Å². The average molecular weight is 607 g/mol. The predicted molar refractivity (Wildman–Crippen MR) is 183 cm³/mol. The first-order valence-corrected chi connectivity index (χ1v) is 18.4. The molecule has 4 unspecified atom stereocenters. The maximum atomic E-state index is 11.1. The molecule has 1 N–H and O–H groups in total. The lowest BCUT2D eigenvalue weighted by atomic mass is 9.91. The van der Waals surface area contributed by atoms with E-state index >= 15 is 0 Å². The summed E-state index contributed by atoms with van der Waals surface area (Å²) in [7, 11) is 0. The van der Waals surface area contributed by atoms with Crippen molar-refractivity contribution in [2.75, 3.05) is 0 Å². The van der Waals surface area contributed by atoms with E-state index in [1.54, 1.807) is 4.91 Å². The van der Waals surface area contributed by atoms with Crippen molar-refractivity contribution in [1.29, 1.82) is 0 Å². The van der Waals surface area contributed by atoms with E-state index in [1.807, 2.05) is 17.8 Å². The van der Waals surface area contributed by atoms with E-state index in [4.69, 9.17) is 8.75 Å². The number of unbranched alkanes of at least 4 members (excludes halogenated alkanes) is 2. The molecule has 0 saturated heterocycles. The Bertz CT molecular complexity index is 1380. The lowest BCUT2D eigenvalue weighted by molar-refractivity contribution is 0.421. The van der Waals surface area contributed by atoms with Crippen LogP contribution in [0.3, 0.4) is 0 Å². The van der Waals surface area contributed by atoms with Crippen molar-refractivity contribution in [1.82, 2.24) is 8.75 Å². The molecule has 41 heavy (non-hydrogen) atoms. The third-order valence-corrected chi connectivity index (χ3v) is 12.3. The first kappa shape index (κ1) is 30.7. The van der Waals surface area contributed by atoms with Crippen molar-refractivity contribution in [3.05, 3.63) is 58.5 Å². The van der Waals surface area contributed by atoms with Crippen LogP contribution in [-0.4, -0.2) is 24.4 Å². The molecule has 6 heteroatoms. The molecule has 2 aliphatic heterocycles. The Hall–Kier alpha value is -1.76. The van der Waals surface area contributed by atoms with Gasteiger partial charge in [-0.05, 0) is 47.6 Å². The molecule has 2 aliphatic rings. The van der Waals surface area contributed by atoms with E-state index in [-0.39, 0.29) is 0 Å².